The standard InChI is InChI=1S/C26H31N5O5/c1-4-36-26(33)28-24(23-8-9-27-29-23)18-6-5-7-19(14-18)25(32)31-12-10-30(11-13-31)20-15-21(34-2)17-22(16-20)35-3/h5-9,14-17,24H,4,10-13H2,1-3H3,(H,27,29)(H,28,33). The van der Waals surface area contributed by atoms with Crippen LogP contribution < -0.4 is 19.7 Å². The Labute approximate surface area is 210 Å². The summed E-state index contributed by atoms with van der Waals surface area (Å²) >= 11 is 0. The minimum atomic E-state index is -0.542. The van der Waals surface area contributed by atoms with Crippen molar-refractivity contribution in [2.75, 3.05) is 51.9 Å². The first-order chi connectivity index (χ1) is 17.5. The van der Waals surface area contributed by atoms with Crippen molar-refractivity contribution in [1.82, 2.24) is 20.4 Å². The van der Waals surface area contributed by atoms with E-state index in [4.69, 9.17) is 14.2 Å². The monoisotopic (exact) mass is 493 g/mol. The molecule has 1 aromatic heterocycles. The van der Waals surface area contributed by atoms with Gasteiger partial charge in [0.05, 0.1) is 32.6 Å². The highest BCUT2D eigenvalue weighted by Crippen LogP contribution is 2.29. The number of alkyl carbamates (subject to hydrolysis) is 1. The van der Waals surface area contributed by atoms with Crippen LogP contribution in [0.3, 0.4) is 0 Å². The van der Waals surface area contributed by atoms with Crippen LogP contribution in [0.5, 0.6) is 11.5 Å². The van der Waals surface area contributed by atoms with Crippen LogP contribution in [0.2, 0.25) is 0 Å². The Morgan fingerprint density at radius 2 is 1.75 bits per heavy atom. The summed E-state index contributed by atoms with van der Waals surface area (Å²) in [5.74, 6) is 1.39. The second kappa shape index (κ2) is 11.5. The number of piperazine rings is 1. The van der Waals surface area contributed by atoms with Gasteiger partial charge in [-0.2, -0.15) is 5.10 Å². The zero-order valence-electron chi connectivity index (χ0n) is 20.7. The molecule has 10 nitrogen and oxygen atoms in total. The molecule has 190 valence electrons. The molecule has 1 unspecified atom stereocenters. The van der Waals surface area contributed by atoms with Crippen LogP contribution in [0.25, 0.3) is 0 Å². The minimum Gasteiger partial charge on any atom is -0.497 e. The van der Waals surface area contributed by atoms with E-state index in [0.29, 0.717) is 37.4 Å². The Kier molecular flexibility index (Phi) is 7.94. The van der Waals surface area contributed by atoms with E-state index in [1.807, 2.05) is 35.2 Å². The third-order valence-electron chi connectivity index (χ3n) is 6.11. The topological polar surface area (TPSA) is 109 Å². The van der Waals surface area contributed by atoms with Crippen LogP contribution >= 0.6 is 0 Å². The van der Waals surface area contributed by atoms with Crippen molar-refractivity contribution >= 4 is 17.7 Å². The second-order valence-electron chi connectivity index (χ2n) is 8.29. The first kappa shape index (κ1) is 24.9. The van der Waals surface area contributed by atoms with Gasteiger partial charge in [-0.05, 0) is 30.7 Å². The number of aromatic nitrogens is 2. The molecule has 1 aliphatic rings. The fourth-order valence-corrected chi connectivity index (χ4v) is 4.24. The summed E-state index contributed by atoms with van der Waals surface area (Å²) in [6.45, 7) is 4.52. The van der Waals surface area contributed by atoms with Crippen LogP contribution in [-0.2, 0) is 4.74 Å². The molecule has 10 heteroatoms. The molecule has 1 saturated heterocycles. The summed E-state index contributed by atoms with van der Waals surface area (Å²) < 4.78 is 15.8. The molecule has 4 rings (SSSR count). The molecule has 0 aliphatic carbocycles. The van der Waals surface area contributed by atoms with E-state index >= 15 is 0 Å². The van der Waals surface area contributed by atoms with Crippen LogP contribution in [0.15, 0.2) is 54.7 Å². The average Bonchev–Trinajstić information content (AvgIpc) is 3.46. The maximum Gasteiger partial charge on any atom is 0.407 e. The number of nitrogens with one attached hydrogen (secondary N) is 2. The van der Waals surface area contributed by atoms with Gasteiger partial charge in [0.1, 0.15) is 11.5 Å². The summed E-state index contributed by atoms with van der Waals surface area (Å²) in [6.07, 6.45) is 1.07. The fraction of sp³-hybridized carbons (Fsp3) is 0.346. The number of carbonyl (C=O) groups excluding carboxylic acids is 2. The van der Waals surface area contributed by atoms with Crippen LogP contribution in [0.1, 0.15) is 34.6 Å². The van der Waals surface area contributed by atoms with E-state index in [1.54, 1.807) is 45.5 Å². The van der Waals surface area contributed by atoms with Gasteiger partial charge in [-0.25, -0.2) is 4.79 Å². The van der Waals surface area contributed by atoms with Crippen molar-refractivity contribution in [1.29, 1.82) is 0 Å². The molecule has 3 aromatic rings. The molecule has 1 fully saturated rings. The molecule has 0 saturated carbocycles. The Bertz CT molecular complexity index is 1150. The highest BCUT2D eigenvalue weighted by Gasteiger charge is 2.25. The van der Waals surface area contributed by atoms with E-state index in [-0.39, 0.29) is 12.5 Å². The predicted molar refractivity (Wildman–Crippen MR) is 135 cm³/mol. The quantitative estimate of drug-likeness (QED) is 0.496. The van der Waals surface area contributed by atoms with E-state index in [9.17, 15) is 9.59 Å². The van der Waals surface area contributed by atoms with Gasteiger partial charge < -0.3 is 29.3 Å². The molecule has 2 N–H and O–H groups in total. The number of hydrogen-bond donors (Lipinski definition) is 2. The number of hydrogen-bond acceptors (Lipinski definition) is 7. The number of nitrogens with zero attached hydrogens (tertiary/aromatic N) is 3. The largest absolute Gasteiger partial charge is 0.497 e. The van der Waals surface area contributed by atoms with Gasteiger partial charge in [0.15, 0.2) is 0 Å². The third-order valence-corrected chi connectivity index (χ3v) is 6.11. The lowest BCUT2D eigenvalue weighted by atomic mass is 10.0. The number of anilines is 1. The maximum absolute atomic E-state index is 13.4. The van der Waals surface area contributed by atoms with Crippen LogP contribution in [0, 0.1) is 0 Å². The van der Waals surface area contributed by atoms with Gasteiger partial charge in [0.25, 0.3) is 5.91 Å². The molecule has 2 aromatic carbocycles. The van der Waals surface area contributed by atoms with Crippen molar-refractivity contribution in [2.45, 2.75) is 13.0 Å². The van der Waals surface area contributed by atoms with Crippen LogP contribution in [-0.4, -0.2) is 74.1 Å². The Morgan fingerprint density at radius 1 is 1.03 bits per heavy atom. The zero-order chi connectivity index (χ0) is 25.5. The summed E-state index contributed by atoms with van der Waals surface area (Å²) in [6, 6.07) is 14.3. The fourth-order valence-electron chi connectivity index (χ4n) is 4.24. The van der Waals surface area contributed by atoms with Gasteiger partial charge >= 0.3 is 6.09 Å². The lowest BCUT2D eigenvalue weighted by Gasteiger charge is -2.36. The van der Waals surface area contributed by atoms with Gasteiger partial charge in [-0.15, -0.1) is 0 Å². The van der Waals surface area contributed by atoms with Gasteiger partial charge in [0.2, 0.25) is 0 Å². The van der Waals surface area contributed by atoms with Crippen molar-refractivity contribution in [3.63, 3.8) is 0 Å². The number of methoxy groups -OCH3 is 2. The number of ether oxygens (including phenoxy) is 3. The van der Waals surface area contributed by atoms with Crippen LogP contribution in [0.4, 0.5) is 10.5 Å². The van der Waals surface area contributed by atoms with Gasteiger partial charge in [-0.3, -0.25) is 9.89 Å². The number of rotatable bonds is 8. The molecule has 2 amide bonds. The van der Waals surface area contributed by atoms with Crippen molar-refractivity contribution in [3.05, 3.63) is 71.5 Å². The molecule has 0 spiro atoms. The zero-order valence-corrected chi connectivity index (χ0v) is 20.7. The summed E-state index contributed by atoms with van der Waals surface area (Å²) in [5.41, 5.74) is 2.99. The SMILES string of the molecule is CCOC(=O)NC(c1cccc(C(=O)N2CCN(c3cc(OC)cc(OC)c3)CC2)c1)c1ccn[nH]1. The lowest BCUT2D eigenvalue weighted by molar-refractivity contribution is 0.0746. The number of carbonyl (C=O) groups is 2. The molecular weight excluding hydrogens is 462 g/mol. The molecule has 0 bridgehead atoms. The smallest absolute Gasteiger partial charge is 0.407 e. The predicted octanol–water partition coefficient (Wildman–Crippen LogP) is 3.22. The summed E-state index contributed by atoms with van der Waals surface area (Å²) in [7, 11) is 3.25. The minimum absolute atomic E-state index is 0.0563. The van der Waals surface area contributed by atoms with Crippen molar-refractivity contribution in [3.8, 4) is 11.5 Å². The number of H-pyrrole nitrogens is 1. The first-order valence-corrected chi connectivity index (χ1v) is 11.8. The number of benzene rings is 2. The van der Waals surface area contributed by atoms with E-state index < -0.39 is 12.1 Å². The Balaban J connectivity index is 1.47. The van der Waals surface area contributed by atoms with Gasteiger partial charge in [0, 0.05) is 61.8 Å². The average molecular weight is 494 g/mol. The van der Waals surface area contributed by atoms with Crippen molar-refractivity contribution in [2.24, 2.45) is 0 Å². The lowest BCUT2D eigenvalue weighted by Crippen LogP contribution is -2.48. The van der Waals surface area contributed by atoms with E-state index in [2.05, 4.69) is 20.4 Å². The highest BCUT2D eigenvalue weighted by atomic mass is 16.5. The second-order valence-corrected chi connectivity index (χ2v) is 8.29. The van der Waals surface area contributed by atoms with Gasteiger partial charge in [-0.1, -0.05) is 12.1 Å². The normalized spacial score (nSPS) is 14.2. The molecule has 1 atom stereocenters. The highest BCUT2D eigenvalue weighted by molar-refractivity contribution is 5.94. The summed E-state index contributed by atoms with van der Waals surface area (Å²) in [4.78, 5) is 29.6. The Morgan fingerprint density at radius 3 is 2.36 bits per heavy atom. The molecule has 0 radical (unpaired) electrons. The third kappa shape index (κ3) is 5.70. The number of amides is 2. The maximum atomic E-state index is 13.4. The first-order valence-electron chi connectivity index (χ1n) is 11.8. The van der Waals surface area contributed by atoms with E-state index in [1.165, 1.54) is 0 Å². The summed E-state index contributed by atoms with van der Waals surface area (Å²) in [5, 5.41) is 9.73. The number of aromatic amines is 1. The molecule has 36 heavy (non-hydrogen) atoms. The molecule has 1 aliphatic heterocycles. The molecular formula is C26H31N5O5. The van der Waals surface area contributed by atoms with E-state index in [0.717, 1.165) is 22.7 Å². The Hall–Kier alpha value is -4.21. The molecule has 2 heterocycles. The van der Waals surface area contributed by atoms with Crippen molar-refractivity contribution < 1.29 is 23.8 Å².